The molecule has 0 aliphatic carbocycles. The van der Waals surface area contributed by atoms with Gasteiger partial charge in [-0.25, -0.2) is 8.42 Å². The molecule has 0 bridgehead atoms. The summed E-state index contributed by atoms with van der Waals surface area (Å²) in [5.41, 5.74) is -0.257. The molecular formula is C6H4NO5RbS. The van der Waals surface area contributed by atoms with Crippen LogP contribution in [0.4, 0.5) is 5.69 Å². The molecule has 0 radical (unpaired) electrons. The summed E-state index contributed by atoms with van der Waals surface area (Å²) >= 11 is 0. The molecule has 1 aromatic carbocycles. The topological polar surface area (TPSA) is 100 Å². The van der Waals surface area contributed by atoms with Crippen LogP contribution in [0.15, 0.2) is 29.2 Å². The van der Waals surface area contributed by atoms with Crippen LogP contribution in [0.5, 0.6) is 0 Å². The molecule has 1 aromatic rings. The van der Waals surface area contributed by atoms with Gasteiger partial charge in [0.15, 0.2) is 0 Å². The van der Waals surface area contributed by atoms with Gasteiger partial charge in [-0.15, -0.1) is 0 Å². The van der Waals surface area contributed by atoms with Crippen molar-refractivity contribution in [2.45, 2.75) is 4.90 Å². The first-order chi connectivity index (χ1) is 5.91. The van der Waals surface area contributed by atoms with Gasteiger partial charge in [0.05, 0.1) is 9.82 Å². The largest absolute Gasteiger partial charge is 1.00 e. The van der Waals surface area contributed by atoms with Crippen LogP contribution in [0.2, 0.25) is 0 Å². The Hall–Kier alpha value is 0.335. The average Bonchev–Trinajstić information content (AvgIpc) is 2.03. The third kappa shape index (κ3) is 3.83. The maximum Gasteiger partial charge on any atom is 1.00 e. The van der Waals surface area contributed by atoms with Crippen LogP contribution in [0, 0.1) is 10.1 Å². The number of rotatable bonds is 2. The average molecular weight is 288 g/mol. The molecule has 0 atom stereocenters. The summed E-state index contributed by atoms with van der Waals surface area (Å²) in [6.45, 7) is 0. The summed E-state index contributed by atoms with van der Waals surface area (Å²) in [5, 5.41) is 10.1. The van der Waals surface area contributed by atoms with Gasteiger partial charge in [-0.2, -0.15) is 0 Å². The number of non-ortho nitro benzene ring substituents is 1. The minimum atomic E-state index is -4.52. The Labute approximate surface area is 129 Å². The van der Waals surface area contributed by atoms with E-state index in [0.717, 1.165) is 24.3 Å². The molecule has 0 saturated carbocycles. The van der Waals surface area contributed by atoms with Crippen molar-refractivity contribution in [1.29, 1.82) is 0 Å². The fourth-order valence-electron chi connectivity index (χ4n) is 0.735. The van der Waals surface area contributed by atoms with E-state index in [4.69, 9.17) is 0 Å². The summed E-state index contributed by atoms with van der Waals surface area (Å²) in [6.07, 6.45) is 0. The standard InChI is InChI=1S/C6H5NO5S.Rb/c8-7(9)5-1-3-6(4-2-5)13(10,11)12;/h1-4H,(H,10,11,12);/q;+1/p-1. The van der Waals surface area contributed by atoms with Crippen molar-refractivity contribution in [2.24, 2.45) is 0 Å². The normalized spacial score (nSPS) is 10.4. The minimum absolute atomic E-state index is 0. The van der Waals surface area contributed by atoms with E-state index >= 15 is 0 Å². The Morgan fingerprint density at radius 1 is 1.14 bits per heavy atom. The first-order valence-corrected chi connectivity index (χ1v) is 4.52. The van der Waals surface area contributed by atoms with E-state index in [1.54, 1.807) is 0 Å². The third-order valence-electron chi connectivity index (χ3n) is 1.34. The van der Waals surface area contributed by atoms with Gasteiger partial charge in [-0.3, -0.25) is 10.1 Å². The van der Waals surface area contributed by atoms with Crippen LogP contribution >= 0.6 is 0 Å². The van der Waals surface area contributed by atoms with E-state index in [-0.39, 0.29) is 63.9 Å². The summed E-state index contributed by atoms with van der Waals surface area (Å²) in [6, 6.07) is 3.73. The number of hydrogen-bond acceptors (Lipinski definition) is 5. The van der Waals surface area contributed by atoms with Crippen LogP contribution in [-0.4, -0.2) is 17.9 Å². The Morgan fingerprint density at radius 2 is 1.57 bits per heavy atom. The van der Waals surface area contributed by atoms with E-state index < -0.39 is 19.9 Å². The van der Waals surface area contributed by atoms with Crippen molar-refractivity contribution >= 4 is 15.8 Å². The minimum Gasteiger partial charge on any atom is -0.744 e. The first-order valence-electron chi connectivity index (χ1n) is 3.11. The van der Waals surface area contributed by atoms with Crippen LogP contribution < -0.4 is 58.2 Å². The molecule has 0 heterocycles. The monoisotopic (exact) mass is 287 g/mol. The molecule has 0 aromatic heterocycles. The Balaban J connectivity index is 0.00000169. The molecule has 0 unspecified atom stereocenters. The van der Waals surface area contributed by atoms with Gasteiger partial charge in [0.1, 0.15) is 10.1 Å². The number of nitrogens with zero attached hydrogens (tertiary/aromatic N) is 1. The Bertz CT molecular complexity index is 426. The quantitative estimate of drug-likeness (QED) is 0.340. The van der Waals surface area contributed by atoms with Crippen molar-refractivity contribution in [3.63, 3.8) is 0 Å². The number of nitro groups is 1. The van der Waals surface area contributed by atoms with Crippen molar-refractivity contribution in [3.8, 4) is 0 Å². The molecule has 0 aliphatic heterocycles. The van der Waals surface area contributed by atoms with Crippen LogP contribution in [0.3, 0.4) is 0 Å². The molecule has 0 N–H and O–H groups in total. The second kappa shape index (κ2) is 5.43. The van der Waals surface area contributed by atoms with E-state index in [2.05, 4.69) is 0 Å². The van der Waals surface area contributed by atoms with E-state index in [1.165, 1.54) is 0 Å². The molecule has 0 fully saturated rings. The van der Waals surface area contributed by atoms with Crippen molar-refractivity contribution in [1.82, 2.24) is 0 Å². The third-order valence-corrected chi connectivity index (χ3v) is 2.19. The van der Waals surface area contributed by atoms with Gasteiger partial charge in [-0.05, 0) is 12.1 Å². The second-order valence-corrected chi connectivity index (χ2v) is 3.58. The maximum atomic E-state index is 10.4. The SMILES string of the molecule is O=[N+]([O-])c1ccc(S(=O)(=O)[O-])cc1.[Rb+]. The van der Waals surface area contributed by atoms with Gasteiger partial charge in [0.2, 0.25) is 0 Å². The van der Waals surface area contributed by atoms with E-state index in [0.29, 0.717) is 0 Å². The zero-order valence-electron chi connectivity index (χ0n) is 7.21. The predicted octanol–water partition coefficient (Wildman–Crippen LogP) is -2.50. The summed E-state index contributed by atoms with van der Waals surface area (Å²) in [7, 11) is -4.52. The van der Waals surface area contributed by atoms with E-state index in [9.17, 15) is 23.1 Å². The fraction of sp³-hybridized carbons (Fsp3) is 0. The van der Waals surface area contributed by atoms with Crippen LogP contribution in [-0.2, 0) is 10.1 Å². The Morgan fingerprint density at radius 3 is 1.86 bits per heavy atom. The molecule has 0 saturated heterocycles. The molecule has 0 amide bonds. The predicted molar refractivity (Wildman–Crippen MR) is 41.1 cm³/mol. The smallest absolute Gasteiger partial charge is 0.744 e. The Kier molecular flexibility index (Phi) is 5.56. The fourth-order valence-corrected chi connectivity index (χ4v) is 1.20. The summed E-state index contributed by atoms with van der Waals surface area (Å²) in [4.78, 5) is 8.99. The van der Waals surface area contributed by atoms with Crippen LogP contribution in [0.25, 0.3) is 0 Å². The molecule has 6 nitrogen and oxygen atoms in total. The van der Waals surface area contributed by atoms with Gasteiger partial charge in [-0.1, -0.05) is 0 Å². The number of hydrogen-bond donors (Lipinski definition) is 0. The molecule has 0 spiro atoms. The zero-order valence-corrected chi connectivity index (χ0v) is 12.9. The van der Waals surface area contributed by atoms with Gasteiger partial charge >= 0.3 is 58.2 Å². The van der Waals surface area contributed by atoms with Gasteiger partial charge < -0.3 is 4.55 Å². The molecule has 14 heavy (non-hydrogen) atoms. The van der Waals surface area contributed by atoms with Crippen molar-refractivity contribution in [2.75, 3.05) is 0 Å². The summed E-state index contributed by atoms with van der Waals surface area (Å²) in [5.74, 6) is 0. The molecule has 8 heteroatoms. The summed E-state index contributed by atoms with van der Waals surface area (Å²) < 4.78 is 31.2. The van der Waals surface area contributed by atoms with Gasteiger partial charge in [0, 0.05) is 12.1 Å². The zero-order chi connectivity index (χ0) is 10.1. The molecule has 0 aliphatic rings. The van der Waals surface area contributed by atoms with E-state index in [1.807, 2.05) is 0 Å². The number of nitro benzene ring substituents is 1. The molecule has 1 rings (SSSR count). The number of benzene rings is 1. The second-order valence-electron chi connectivity index (χ2n) is 2.21. The van der Waals surface area contributed by atoms with Crippen LogP contribution in [0.1, 0.15) is 0 Å². The van der Waals surface area contributed by atoms with Crippen molar-refractivity contribution in [3.05, 3.63) is 34.4 Å². The molecule has 70 valence electrons. The van der Waals surface area contributed by atoms with Crippen molar-refractivity contribution < 1.29 is 76.1 Å². The first kappa shape index (κ1) is 14.3. The van der Waals surface area contributed by atoms with Gasteiger partial charge in [0.25, 0.3) is 5.69 Å². The maximum absolute atomic E-state index is 10.4. The molecular weight excluding hydrogens is 284 g/mol.